The van der Waals surface area contributed by atoms with Crippen LogP contribution in [0.3, 0.4) is 0 Å². The van der Waals surface area contributed by atoms with E-state index in [1.54, 1.807) is 60.7 Å². The van der Waals surface area contributed by atoms with Gasteiger partial charge in [-0.1, -0.05) is 91.7 Å². The molecule has 6 heterocycles. The zero-order valence-electron chi connectivity index (χ0n) is 39.5. The van der Waals surface area contributed by atoms with Crippen molar-refractivity contribution in [1.82, 2.24) is 37.8 Å². The first-order valence-corrected chi connectivity index (χ1v) is 27.4. The fraction of sp³-hybridized carbons (Fsp3) is 0.358. The van der Waals surface area contributed by atoms with Gasteiger partial charge in [-0.3, -0.25) is 0 Å². The van der Waals surface area contributed by atoms with Gasteiger partial charge in [0.05, 0.1) is 43.6 Å². The molecule has 2 aliphatic carbocycles. The first-order valence-electron chi connectivity index (χ1n) is 23.7. The summed E-state index contributed by atoms with van der Waals surface area (Å²) >= 11 is 12.4. The third kappa shape index (κ3) is 11.5. The van der Waals surface area contributed by atoms with Crippen molar-refractivity contribution in [3.05, 3.63) is 142 Å². The van der Waals surface area contributed by atoms with Gasteiger partial charge in [0.25, 0.3) is 20.0 Å². The number of pyridine rings is 2. The van der Waals surface area contributed by atoms with Crippen molar-refractivity contribution in [3.8, 4) is 22.8 Å². The van der Waals surface area contributed by atoms with Crippen molar-refractivity contribution in [2.45, 2.75) is 95.3 Å². The Kier molecular flexibility index (Phi) is 16.4. The zero-order chi connectivity index (χ0) is 50.9. The van der Waals surface area contributed by atoms with Gasteiger partial charge in [0, 0.05) is 59.9 Å². The summed E-state index contributed by atoms with van der Waals surface area (Å²) in [7, 11) is -7.95. The van der Waals surface area contributed by atoms with E-state index < -0.39 is 31.7 Å². The summed E-state index contributed by atoms with van der Waals surface area (Å²) in [5, 5.41) is 20.6. The quantitative estimate of drug-likeness (QED) is 0.118. The van der Waals surface area contributed by atoms with Crippen molar-refractivity contribution >= 4 is 65.3 Å². The second-order valence-electron chi connectivity index (χ2n) is 18.9. The Bertz CT molecular complexity index is 3280. The summed E-state index contributed by atoms with van der Waals surface area (Å²) in [5.74, 6) is 0.285. The normalized spacial score (nSPS) is 18.3. The molecule has 0 amide bonds. The largest absolute Gasteiger partial charge is 0.396 e. The molecule has 2 saturated carbocycles. The molecule has 14 nitrogen and oxygen atoms in total. The van der Waals surface area contributed by atoms with Gasteiger partial charge in [0.15, 0.2) is 34.6 Å². The minimum Gasteiger partial charge on any atom is -0.396 e. The van der Waals surface area contributed by atoms with Crippen molar-refractivity contribution < 1.29 is 35.8 Å². The molecular formula is C53H56Cl2F2N8O6S2. The summed E-state index contributed by atoms with van der Waals surface area (Å²) < 4.78 is 85.7. The van der Waals surface area contributed by atoms with E-state index >= 15 is 0 Å². The van der Waals surface area contributed by atoms with Crippen LogP contribution < -0.4 is 0 Å². The molecule has 4 atom stereocenters. The Labute approximate surface area is 433 Å². The number of nitrogens with zero attached hydrogens (tertiary/aromatic N) is 8. The minimum atomic E-state index is -3.97. The van der Waals surface area contributed by atoms with Crippen LogP contribution in [0.1, 0.15) is 81.3 Å². The number of hydrogen-bond donors (Lipinski definition) is 2. The molecule has 0 unspecified atom stereocenters. The highest BCUT2D eigenvalue weighted by atomic mass is 35.5. The molecule has 73 heavy (non-hydrogen) atoms. The minimum absolute atomic E-state index is 0. The molecule has 0 spiro atoms. The van der Waals surface area contributed by atoms with Crippen LogP contribution in [-0.4, -0.2) is 78.1 Å². The average Bonchev–Trinajstić information content (AvgIpc) is 3.95. The molecule has 2 aromatic carbocycles. The highest BCUT2D eigenvalue weighted by Gasteiger charge is 2.29. The molecule has 2 fully saturated rings. The number of rotatable bonds is 12. The molecule has 8 aromatic rings. The highest BCUT2D eigenvalue weighted by Crippen LogP contribution is 2.37. The first kappa shape index (κ1) is 53.5. The van der Waals surface area contributed by atoms with E-state index in [4.69, 9.17) is 23.2 Å². The van der Waals surface area contributed by atoms with E-state index in [1.165, 1.54) is 24.8 Å². The summed E-state index contributed by atoms with van der Waals surface area (Å²) in [6, 6.07) is 16.3. The SMILES string of the molecule is C.Cc1ccc(S(=O)(=O)n2cc(-c3ncc(F)c(C[C@H]4CCC[C@@H](CO)C4)n3)c3cc(Cl)cnc32)cc1.Cc1ccc(S(=O)(=O)n2cc(-c3ncc(F)c(C[C@H]4CCC[C@H](CO)C4)n3)c3cc(Cl)cnc32)cc1. The first-order chi connectivity index (χ1) is 34.5. The van der Waals surface area contributed by atoms with Gasteiger partial charge in [0.1, 0.15) is 0 Å². The van der Waals surface area contributed by atoms with E-state index in [0.717, 1.165) is 82.8 Å². The van der Waals surface area contributed by atoms with Crippen LogP contribution in [0, 0.1) is 49.2 Å². The van der Waals surface area contributed by atoms with Crippen LogP contribution in [0.15, 0.2) is 108 Å². The zero-order valence-corrected chi connectivity index (χ0v) is 42.6. The average molecular weight is 1070 g/mol. The summed E-state index contributed by atoms with van der Waals surface area (Å²) in [4.78, 5) is 26.2. The topological polar surface area (TPSA) is 196 Å². The Hall–Kier alpha value is -5.76. The standard InChI is InChI=1S/2C26H26ClFN4O3S.CH4/c2*1-16-5-7-20(8-6-16)36(34,35)32-14-22(21-11-19(27)12-30-26(21)32)25-29-13-23(28)24(31-25)10-17-3-2-4-18(9-17)15-33;/h2*5-8,11-14,17-18,33H,2-4,9-10,15H2,1H3;1H4/t17-,18+;17-,18-;/m00./s1. The van der Waals surface area contributed by atoms with Crippen LogP contribution in [0.25, 0.3) is 44.8 Å². The molecule has 0 bridgehead atoms. The molecule has 384 valence electrons. The van der Waals surface area contributed by atoms with E-state index in [0.29, 0.717) is 44.8 Å². The second kappa shape index (κ2) is 22.4. The maximum Gasteiger partial charge on any atom is 0.269 e. The molecule has 0 aliphatic heterocycles. The predicted molar refractivity (Wildman–Crippen MR) is 278 cm³/mol. The van der Waals surface area contributed by atoms with E-state index in [9.17, 15) is 35.8 Å². The Balaban J connectivity index is 0.000000192. The number of aliphatic hydroxyl groups excluding tert-OH is 2. The molecule has 2 aliphatic rings. The van der Waals surface area contributed by atoms with Gasteiger partial charge in [0.2, 0.25) is 0 Å². The highest BCUT2D eigenvalue weighted by molar-refractivity contribution is 7.90. The number of aliphatic hydroxyl groups is 2. The molecule has 2 N–H and O–H groups in total. The van der Waals surface area contributed by atoms with Crippen LogP contribution >= 0.6 is 23.2 Å². The number of hydrogen-bond acceptors (Lipinski definition) is 12. The van der Waals surface area contributed by atoms with Crippen molar-refractivity contribution in [3.63, 3.8) is 0 Å². The lowest BCUT2D eigenvalue weighted by atomic mass is 9.79. The molecule has 0 saturated heterocycles. The fourth-order valence-electron chi connectivity index (χ4n) is 9.88. The van der Waals surface area contributed by atoms with Crippen LogP contribution in [-0.2, 0) is 32.9 Å². The lowest BCUT2D eigenvalue weighted by Crippen LogP contribution is -2.20. The van der Waals surface area contributed by atoms with Crippen LogP contribution in [0.4, 0.5) is 8.78 Å². The van der Waals surface area contributed by atoms with Gasteiger partial charge in [-0.2, -0.15) is 0 Å². The van der Waals surface area contributed by atoms with Crippen molar-refractivity contribution in [1.29, 1.82) is 0 Å². The number of fused-ring (bicyclic) bond motifs is 2. The Morgan fingerprint density at radius 3 is 1.32 bits per heavy atom. The van der Waals surface area contributed by atoms with Gasteiger partial charge >= 0.3 is 0 Å². The molecule has 6 aromatic heterocycles. The van der Waals surface area contributed by atoms with Gasteiger partial charge in [-0.25, -0.2) is 63.5 Å². The molecule has 20 heteroatoms. The van der Waals surface area contributed by atoms with Crippen molar-refractivity contribution in [2.24, 2.45) is 23.7 Å². The lowest BCUT2D eigenvalue weighted by molar-refractivity contribution is 0.159. The monoisotopic (exact) mass is 1070 g/mol. The van der Waals surface area contributed by atoms with Gasteiger partial charge < -0.3 is 10.2 Å². The number of aromatic nitrogens is 8. The number of benzene rings is 2. The Morgan fingerprint density at radius 2 is 0.945 bits per heavy atom. The lowest BCUT2D eigenvalue weighted by Gasteiger charge is -2.27. The third-order valence-electron chi connectivity index (χ3n) is 13.7. The van der Waals surface area contributed by atoms with Crippen molar-refractivity contribution in [2.75, 3.05) is 13.2 Å². The predicted octanol–water partition coefficient (Wildman–Crippen LogP) is 11.0. The second-order valence-corrected chi connectivity index (χ2v) is 23.4. The van der Waals surface area contributed by atoms with E-state index in [2.05, 4.69) is 29.9 Å². The van der Waals surface area contributed by atoms with Crippen LogP contribution in [0.5, 0.6) is 0 Å². The van der Waals surface area contributed by atoms with E-state index in [1.807, 2.05) is 13.8 Å². The summed E-state index contributed by atoms with van der Waals surface area (Å²) in [5.41, 5.74) is 3.59. The van der Waals surface area contributed by atoms with Crippen LogP contribution in [0.2, 0.25) is 10.0 Å². The molecular weight excluding hydrogens is 1020 g/mol. The number of aryl methyl sites for hydroxylation is 2. The Morgan fingerprint density at radius 1 is 0.575 bits per heavy atom. The van der Waals surface area contributed by atoms with Gasteiger partial charge in [-0.05, 0) is 112 Å². The third-order valence-corrected chi connectivity index (χ3v) is 17.4. The molecule has 0 radical (unpaired) electrons. The summed E-state index contributed by atoms with van der Waals surface area (Å²) in [6.07, 6.45) is 16.2. The van der Waals surface area contributed by atoms with E-state index in [-0.39, 0.29) is 88.4 Å². The number of halogens is 4. The maximum atomic E-state index is 14.7. The fourth-order valence-corrected chi connectivity index (χ4v) is 12.8. The van der Waals surface area contributed by atoms with Gasteiger partial charge in [-0.15, -0.1) is 0 Å². The summed E-state index contributed by atoms with van der Waals surface area (Å²) in [6.45, 7) is 4.03. The molecule has 10 rings (SSSR count). The smallest absolute Gasteiger partial charge is 0.269 e. The maximum absolute atomic E-state index is 14.7.